The van der Waals surface area contributed by atoms with Crippen LogP contribution in [0.2, 0.25) is 0 Å². The van der Waals surface area contributed by atoms with Crippen LogP contribution in [0.1, 0.15) is 30.9 Å². The first-order valence-electron chi connectivity index (χ1n) is 8.53. The van der Waals surface area contributed by atoms with Crippen LogP contribution in [0.3, 0.4) is 0 Å². The Bertz CT molecular complexity index is 549. The van der Waals surface area contributed by atoms with Gasteiger partial charge in [-0.05, 0) is 24.3 Å². The maximum Gasteiger partial charge on any atom is 0.239 e. The van der Waals surface area contributed by atoms with Gasteiger partial charge in [-0.15, -0.1) is 0 Å². The van der Waals surface area contributed by atoms with Crippen molar-refractivity contribution in [3.8, 4) is 0 Å². The summed E-state index contributed by atoms with van der Waals surface area (Å²) < 4.78 is 0. The van der Waals surface area contributed by atoms with Crippen LogP contribution in [0.4, 0.5) is 0 Å². The van der Waals surface area contributed by atoms with Crippen LogP contribution in [0.25, 0.3) is 0 Å². The van der Waals surface area contributed by atoms with Crippen molar-refractivity contribution in [2.75, 3.05) is 19.6 Å². The second kappa shape index (κ2) is 6.57. The van der Waals surface area contributed by atoms with Gasteiger partial charge < -0.3 is 5.32 Å². The summed E-state index contributed by atoms with van der Waals surface area (Å²) in [7, 11) is 0. The highest BCUT2D eigenvalue weighted by molar-refractivity contribution is 5.82. The van der Waals surface area contributed by atoms with Gasteiger partial charge in [0.05, 0.1) is 6.04 Å². The van der Waals surface area contributed by atoms with E-state index in [4.69, 9.17) is 4.84 Å². The number of benzene rings is 1. The molecule has 6 heteroatoms. The molecule has 2 saturated heterocycles. The highest BCUT2D eigenvalue weighted by Gasteiger charge is 2.34. The lowest BCUT2D eigenvalue weighted by Gasteiger charge is -2.16. The molecule has 3 aliphatic rings. The lowest BCUT2D eigenvalue weighted by atomic mass is 10.0. The van der Waals surface area contributed by atoms with Gasteiger partial charge >= 0.3 is 0 Å². The molecule has 1 aromatic carbocycles. The lowest BCUT2D eigenvalue weighted by Crippen LogP contribution is -2.47. The number of nitrogens with one attached hydrogen (secondary N) is 3. The molecule has 3 fully saturated rings. The smallest absolute Gasteiger partial charge is 0.239 e. The number of carbonyl (C=O) groups excluding carboxylic acids is 1. The quantitative estimate of drug-likeness (QED) is 0.748. The Hall–Kier alpha value is -1.47. The molecule has 1 saturated carbocycles. The summed E-state index contributed by atoms with van der Waals surface area (Å²) in [5, 5.41) is 5.37. The molecular formula is C17H24N4O2. The molecule has 1 aliphatic carbocycles. The van der Waals surface area contributed by atoms with E-state index in [0.717, 1.165) is 31.1 Å². The molecule has 124 valence electrons. The molecule has 1 aromatic rings. The summed E-state index contributed by atoms with van der Waals surface area (Å²) >= 11 is 0. The largest absolute Gasteiger partial charge is 0.349 e. The van der Waals surface area contributed by atoms with Crippen LogP contribution in [0.15, 0.2) is 30.3 Å². The van der Waals surface area contributed by atoms with E-state index >= 15 is 0 Å². The van der Waals surface area contributed by atoms with Crippen molar-refractivity contribution in [2.45, 2.75) is 37.5 Å². The van der Waals surface area contributed by atoms with Crippen molar-refractivity contribution < 1.29 is 9.63 Å². The molecule has 2 aliphatic heterocycles. The first-order chi connectivity index (χ1) is 11.3. The van der Waals surface area contributed by atoms with Gasteiger partial charge in [0.2, 0.25) is 5.91 Å². The normalized spacial score (nSPS) is 31.4. The molecule has 4 rings (SSSR count). The standard InChI is InChI=1S/C17H24N4O2/c22-17(19-14-9-18-21(11-14)10-12-6-7-12)15-8-16(23-20-15)13-4-2-1-3-5-13/h1-5,12,14-16,18,20H,6-11H2,(H,19,22). The Morgan fingerprint density at radius 2 is 2.13 bits per heavy atom. The van der Waals surface area contributed by atoms with Gasteiger partial charge in [0.15, 0.2) is 0 Å². The second-order valence-corrected chi connectivity index (χ2v) is 6.84. The maximum absolute atomic E-state index is 12.4. The third-order valence-corrected chi connectivity index (χ3v) is 4.81. The zero-order valence-corrected chi connectivity index (χ0v) is 13.2. The van der Waals surface area contributed by atoms with E-state index in [-0.39, 0.29) is 24.1 Å². The molecule has 0 spiro atoms. The molecular weight excluding hydrogens is 292 g/mol. The van der Waals surface area contributed by atoms with Crippen molar-refractivity contribution in [2.24, 2.45) is 5.92 Å². The molecule has 3 atom stereocenters. The van der Waals surface area contributed by atoms with Gasteiger partial charge in [0, 0.05) is 26.1 Å². The van der Waals surface area contributed by atoms with Gasteiger partial charge in [-0.3, -0.25) is 15.1 Å². The minimum Gasteiger partial charge on any atom is -0.349 e. The zero-order valence-electron chi connectivity index (χ0n) is 13.2. The predicted octanol–water partition coefficient (Wildman–Crippen LogP) is 0.736. The third-order valence-electron chi connectivity index (χ3n) is 4.81. The fourth-order valence-electron chi connectivity index (χ4n) is 3.29. The van der Waals surface area contributed by atoms with Crippen molar-refractivity contribution in [1.29, 1.82) is 0 Å². The van der Waals surface area contributed by atoms with Crippen LogP contribution in [-0.2, 0) is 9.63 Å². The fraction of sp³-hybridized carbons (Fsp3) is 0.588. The van der Waals surface area contributed by atoms with Crippen LogP contribution in [0.5, 0.6) is 0 Å². The Morgan fingerprint density at radius 3 is 2.91 bits per heavy atom. The van der Waals surface area contributed by atoms with Gasteiger partial charge in [-0.25, -0.2) is 5.01 Å². The van der Waals surface area contributed by atoms with Crippen molar-refractivity contribution in [3.63, 3.8) is 0 Å². The molecule has 0 bridgehead atoms. The average Bonchev–Trinajstić information content (AvgIpc) is 3.07. The van der Waals surface area contributed by atoms with Gasteiger partial charge in [0.1, 0.15) is 12.1 Å². The Balaban J connectivity index is 1.25. The minimum absolute atomic E-state index is 0.0310. The molecule has 2 heterocycles. The van der Waals surface area contributed by atoms with Crippen molar-refractivity contribution >= 4 is 5.91 Å². The molecule has 23 heavy (non-hydrogen) atoms. The number of carbonyl (C=O) groups is 1. The Morgan fingerprint density at radius 1 is 1.30 bits per heavy atom. The zero-order chi connectivity index (χ0) is 15.6. The fourth-order valence-corrected chi connectivity index (χ4v) is 3.29. The predicted molar refractivity (Wildman–Crippen MR) is 86.0 cm³/mol. The van der Waals surface area contributed by atoms with E-state index in [2.05, 4.69) is 21.2 Å². The van der Waals surface area contributed by atoms with Gasteiger partial charge in [0.25, 0.3) is 0 Å². The average molecular weight is 316 g/mol. The van der Waals surface area contributed by atoms with Crippen LogP contribution < -0.4 is 16.2 Å². The van der Waals surface area contributed by atoms with E-state index in [1.54, 1.807) is 0 Å². The number of rotatable bonds is 5. The molecule has 3 unspecified atom stereocenters. The summed E-state index contributed by atoms with van der Waals surface area (Å²) in [6.07, 6.45) is 3.31. The number of nitrogens with zero attached hydrogens (tertiary/aromatic N) is 1. The third kappa shape index (κ3) is 3.72. The number of amides is 1. The molecule has 0 aromatic heterocycles. The van der Waals surface area contributed by atoms with Gasteiger partial charge in [-0.2, -0.15) is 5.48 Å². The lowest BCUT2D eigenvalue weighted by molar-refractivity contribution is -0.124. The topological polar surface area (TPSA) is 65.6 Å². The van der Waals surface area contributed by atoms with Crippen LogP contribution >= 0.6 is 0 Å². The monoisotopic (exact) mass is 316 g/mol. The highest BCUT2D eigenvalue weighted by atomic mass is 16.7. The van der Waals surface area contributed by atoms with Crippen molar-refractivity contribution in [3.05, 3.63) is 35.9 Å². The second-order valence-electron chi connectivity index (χ2n) is 6.84. The number of hydrogen-bond donors (Lipinski definition) is 3. The number of hydrazine groups is 1. The van der Waals surface area contributed by atoms with E-state index < -0.39 is 0 Å². The summed E-state index contributed by atoms with van der Waals surface area (Å²) in [4.78, 5) is 18.0. The Labute approximate surface area is 136 Å². The van der Waals surface area contributed by atoms with E-state index in [9.17, 15) is 4.79 Å². The van der Waals surface area contributed by atoms with E-state index in [1.165, 1.54) is 12.8 Å². The van der Waals surface area contributed by atoms with Crippen molar-refractivity contribution in [1.82, 2.24) is 21.2 Å². The molecule has 3 N–H and O–H groups in total. The van der Waals surface area contributed by atoms with Crippen LogP contribution in [0, 0.1) is 5.92 Å². The summed E-state index contributed by atoms with van der Waals surface area (Å²) in [6.45, 7) is 2.80. The molecule has 6 nitrogen and oxygen atoms in total. The first kappa shape index (κ1) is 15.1. The SMILES string of the molecule is O=C(NC1CNN(CC2CC2)C1)C1CC(c2ccccc2)ON1. The Kier molecular flexibility index (Phi) is 4.31. The van der Waals surface area contributed by atoms with Gasteiger partial charge in [-0.1, -0.05) is 30.3 Å². The minimum atomic E-state index is -0.280. The highest BCUT2D eigenvalue weighted by Crippen LogP contribution is 2.30. The number of hydroxylamine groups is 1. The first-order valence-corrected chi connectivity index (χ1v) is 8.53. The van der Waals surface area contributed by atoms with Crippen LogP contribution in [-0.4, -0.2) is 42.6 Å². The molecule has 1 amide bonds. The maximum atomic E-state index is 12.4. The number of hydrogen-bond acceptors (Lipinski definition) is 5. The van der Waals surface area contributed by atoms with E-state index in [1.807, 2.05) is 30.3 Å². The van der Waals surface area contributed by atoms with E-state index in [0.29, 0.717) is 6.42 Å². The summed E-state index contributed by atoms with van der Waals surface area (Å²) in [5.74, 6) is 0.886. The summed E-state index contributed by atoms with van der Waals surface area (Å²) in [5.41, 5.74) is 7.37. The summed E-state index contributed by atoms with van der Waals surface area (Å²) in [6, 6.07) is 9.93. The molecule has 0 radical (unpaired) electrons.